The van der Waals surface area contributed by atoms with Gasteiger partial charge in [-0.3, -0.25) is 0 Å². The standard InChI is InChI=1S/C10H8O3/c1-7-2-3-8(12-7)6-9-4-5-10(11)13-9/h2-6H,1H3/b9-6-. The van der Waals surface area contributed by atoms with E-state index in [9.17, 15) is 4.79 Å². The average molecular weight is 176 g/mol. The summed E-state index contributed by atoms with van der Waals surface area (Å²) in [6.07, 6.45) is 4.66. The molecule has 1 aliphatic heterocycles. The molecular weight excluding hydrogens is 168 g/mol. The lowest BCUT2D eigenvalue weighted by molar-refractivity contribution is -0.132. The van der Waals surface area contributed by atoms with Gasteiger partial charge in [-0.15, -0.1) is 0 Å². The topological polar surface area (TPSA) is 39.4 Å². The van der Waals surface area contributed by atoms with Crippen molar-refractivity contribution in [2.75, 3.05) is 0 Å². The third-order valence-electron chi connectivity index (χ3n) is 1.65. The van der Waals surface area contributed by atoms with E-state index in [0.717, 1.165) is 5.76 Å². The smallest absolute Gasteiger partial charge is 0.336 e. The maximum atomic E-state index is 10.7. The van der Waals surface area contributed by atoms with Gasteiger partial charge in [-0.2, -0.15) is 0 Å². The Bertz CT molecular complexity index is 396. The van der Waals surface area contributed by atoms with Crippen LogP contribution >= 0.6 is 0 Å². The highest BCUT2D eigenvalue weighted by Gasteiger charge is 2.09. The summed E-state index contributed by atoms with van der Waals surface area (Å²) in [7, 11) is 0. The molecule has 0 spiro atoms. The second-order valence-electron chi connectivity index (χ2n) is 2.75. The summed E-state index contributed by atoms with van der Waals surface area (Å²) in [4.78, 5) is 10.7. The molecule has 0 aromatic carbocycles. The molecule has 66 valence electrons. The Kier molecular flexibility index (Phi) is 1.77. The van der Waals surface area contributed by atoms with Gasteiger partial charge in [-0.05, 0) is 25.1 Å². The lowest BCUT2D eigenvalue weighted by atomic mass is 10.3. The zero-order valence-corrected chi connectivity index (χ0v) is 7.11. The lowest BCUT2D eigenvalue weighted by Gasteiger charge is -1.92. The highest BCUT2D eigenvalue weighted by Crippen LogP contribution is 2.15. The van der Waals surface area contributed by atoms with Crippen LogP contribution in [0.5, 0.6) is 0 Å². The van der Waals surface area contributed by atoms with Gasteiger partial charge < -0.3 is 9.15 Å². The fourth-order valence-corrected chi connectivity index (χ4v) is 1.08. The van der Waals surface area contributed by atoms with Crippen molar-refractivity contribution in [3.05, 3.63) is 41.6 Å². The molecule has 1 aromatic rings. The molecule has 0 radical (unpaired) electrons. The highest BCUT2D eigenvalue weighted by atomic mass is 16.5. The third kappa shape index (κ3) is 1.69. The number of aryl methyl sites for hydroxylation is 1. The predicted molar refractivity (Wildman–Crippen MR) is 46.7 cm³/mol. The molecule has 2 rings (SSSR count). The summed E-state index contributed by atoms with van der Waals surface area (Å²) in [5, 5.41) is 0. The van der Waals surface area contributed by atoms with E-state index in [0.29, 0.717) is 11.5 Å². The van der Waals surface area contributed by atoms with Crippen LogP contribution in [0.25, 0.3) is 6.08 Å². The van der Waals surface area contributed by atoms with Crippen LogP contribution in [0.4, 0.5) is 0 Å². The van der Waals surface area contributed by atoms with E-state index >= 15 is 0 Å². The molecule has 0 aliphatic carbocycles. The maximum Gasteiger partial charge on any atom is 0.336 e. The number of hydrogen-bond acceptors (Lipinski definition) is 3. The zero-order chi connectivity index (χ0) is 9.26. The van der Waals surface area contributed by atoms with Gasteiger partial charge in [0.1, 0.15) is 17.3 Å². The molecule has 2 heterocycles. The average Bonchev–Trinajstić information content (AvgIpc) is 2.62. The van der Waals surface area contributed by atoms with Crippen molar-refractivity contribution < 1.29 is 13.9 Å². The number of ether oxygens (including phenoxy) is 1. The maximum absolute atomic E-state index is 10.7. The summed E-state index contributed by atoms with van der Waals surface area (Å²) >= 11 is 0. The number of carbonyl (C=O) groups is 1. The molecule has 0 bridgehead atoms. The van der Waals surface area contributed by atoms with Gasteiger partial charge >= 0.3 is 5.97 Å². The van der Waals surface area contributed by atoms with E-state index < -0.39 is 0 Å². The molecule has 1 aromatic heterocycles. The number of carbonyl (C=O) groups excluding carboxylic acids is 1. The molecule has 0 saturated carbocycles. The van der Waals surface area contributed by atoms with E-state index in [1.165, 1.54) is 6.08 Å². The van der Waals surface area contributed by atoms with E-state index in [1.807, 2.05) is 19.1 Å². The minimum atomic E-state index is -0.338. The highest BCUT2D eigenvalue weighted by molar-refractivity contribution is 5.87. The lowest BCUT2D eigenvalue weighted by Crippen LogP contribution is -1.89. The van der Waals surface area contributed by atoms with Gasteiger partial charge in [-0.25, -0.2) is 4.79 Å². The largest absolute Gasteiger partial charge is 0.462 e. The molecule has 1 aliphatic rings. The van der Waals surface area contributed by atoms with Crippen molar-refractivity contribution >= 4 is 12.0 Å². The first kappa shape index (κ1) is 7.86. The molecular formula is C10H8O3. The van der Waals surface area contributed by atoms with Crippen LogP contribution in [0, 0.1) is 6.92 Å². The Morgan fingerprint density at radius 3 is 2.69 bits per heavy atom. The van der Waals surface area contributed by atoms with Crippen LogP contribution in [-0.2, 0) is 9.53 Å². The van der Waals surface area contributed by atoms with Crippen LogP contribution < -0.4 is 0 Å². The number of rotatable bonds is 1. The number of furan rings is 1. The second kappa shape index (κ2) is 2.94. The van der Waals surface area contributed by atoms with Gasteiger partial charge in [0.05, 0.1) is 0 Å². The van der Waals surface area contributed by atoms with Crippen molar-refractivity contribution in [3.8, 4) is 0 Å². The van der Waals surface area contributed by atoms with Crippen LogP contribution in [0.1, 0.15) is 11.5 Å². The van der Waals surface area contributed by atoms with Crippen LogP contribution in [-0.4, -0.2) is 5.97 Å². The van der Waals surface area contributed by atoms with Crippen molar-refractivity contribution in [1.29, 1.82) is 0 Å². The minimum absolute atomic E-state index is 0.338. The fraction of sp³-hybridized carbons (Fsp3) is 0.100. The molecule has 0 saturated heterocycles. The third-order valence-corrected chi connectivity index (χ3v) is 1.65. The monoisotopic (exact) mass is 176 g/mol. The van der Waals surface area contributed by atoms with Crippen molar-refractivity contribution in [2.24, 2.45) is 0 Å². The second-order valence-corrected chi connectivity index (χ2v) is 2.75. The Morgan fingerprint density at radius 2 is 2.15 bits per heavy atom. The van der Waals surface area contributed by atoms with E-state index in [-0.39, 0.29) is 5.97 Å². The summed E-state index contributed by atoms with van der Waals surface area (Å²) in [6.45, 7) is 1.86. The van der Waals surface area contributed by atoms with Gasteiger partial charge in [0.2, 0.25) is 0 Å². The van der Waals surface area contributed by atoms with E-state index in [1.54, 1.807) is 12.2 Å². The molecule has 0 N–H and O–H groups in total. The molecule has 3 heteroatoms. The zero-order valence-electron chi connectivity index (χ0n) is 7.11. The van der Waals surface area contributed by atoms with Gasteiger partial charge in [0.15, 0.2) is 0 Å². The summed E-state index contributed by atoms with van der Waals surface area (Å²) in [6, 6.07) is 3.68. The van der Waals surface area contributed by atoms with Gasteiger partial charge in [0, 0.05) is 12.2 Å². The molecule has 0 atom stereocenters. The molecule has 0 fully saturated rings. The van der Waals surface area contributed by atoms with E-state index in [2.05, 4.69) is 0 Å². The van der Waals surface area contributed by atoms with Crippen molar-refractivity contribution in [2.45, 2.75) is 6.92 Å². The number of cyclic esters (lactones) is 1. The Labute approximate surface area is 75.3 Å². The first-order valence-electron chi connectivity index (χ1n) is 3.92. The van der Waals surface area contributed by atoms with E-state index in [4.69, 9.17) is 9.15 Å². The van der Waals surface area contributed by atoms with Crippen LogP contribution in [0.2, 0.25) is 0 Å². The fourth-order valence-electron chi connectivity index (χ4n) is 1.08. The quantitative estimate of drug-likeness (QED) is 0.614. The normalized spacial score (nSPS) is 18.2. The number of esters is 1. The Hall–Kier alpha value is -1.77. The molecule has 3 nitrogen and oxygen atoms in total. The Morgan fingerprint density at radius 1 is 1.31 bits per heavy atom. The van der Waals surface area contributed by atoms with Crippen LogP contribution in [0.15, 0.2) is 34.5 Å². The van der Waals surface area contributed by atoms with Crippen molar-refractivity contribution in [3.63, 3.8) is 0 Å². The summed E-state index contributed by atoms with van der Waals surface area (Å²) < 4.78 is 10.1. The number of allylic oxidation sites excluding steroid dienone is 1. The van der Waals surface area contributed by atoms with Gasteiger partial charge in [-0.1, -0.05) is 0 Å². The molecule has 0 unspecified atom stereocenters. The first-order chi connectivity index (χ1) is 6.24. The first-order valence-corrected chi connectivity index (χ1v) is 3.92. The summed E-state index contributed by atoms with van der Waals surface area (Å²) in [5.74, 6) is 1.70. The van der Waals surface area contributed by atoms with Crippen LogP contribution in [0.3, 0.4) is 0 Å². The molecule has 0 amide bonds. The number of hydrogen-bond donors (Lipinski definition) is 0. The molecule has 13 heavy (non-hydrogen) atoms. The Balaban J connectivity index is 2.22. The predicted octanol–water partition coefficient (Wildman–Crippen LogP) is 2.04. The van der Waals surface area contributed by atoms with Gasteiger partial charge in [0.25, 0.3) is 0 Å². The minimum Gasteiger partial charge on any atom is -0.462 e. The summed E-state index contributed by atoms with van der Waals surface area (Å²) in [5.41, 5.74) is 0. The SMILES string of the molecule is Cc1ccc(/C=C2/C=CC(=O)O2)o1. The van der Waals surface area contributed by atoms with Crippen molar-refractivity contribution in [1.82, 2.24) is 0 Å².